The highest BCUT2D eigenvalue weighted by molar-refractivity contribution is 5.92. The number of carbonyl (C=O) groups excluding carboxylic acids is 1. The van der Waals surface area contributed by atoms with Crippen molar-refractivity contribution in [2.24, 2.45) is 7.05 Å². The quantitative estimate of drug-likeness (QED) is 0.779. The Kier molecular flexibility index (Phi) is 4.33. The Labute approximate surface area is 139 Å². The van der Waals surface area contributed by atoms with E-state index < -0.39 is 6.04 Å². The van der Waals surface area contributed by atoms with Crippen LogP contribution in [0.15, 0.2) is 47.1 Å². The van der Waals surface area contributed by atoms with Crippen molar-refractivity contribution in [1.82, 2.24) is 20.0 Å². The topological polar surface area (TPSA) is 82.2 Å². The lowest BCUT2D eigenvalue weighted by atomic mass is 10.2. The largest absolute Gasteiger partial charge is 0.497 e. The molecule has 0 aliphatic carbocycles. The van der Waals surface area contributed by atoms with Gasteiger partial charge in [0.05, 0.1) is 7.11 Å². The molecule has 0 radical (unpaired) electrons. The molecule has 0 spiro atoms. The van der Waals surface area contributed by atoms with Crippen LogP contribution in [-0.2, 0) is 7.05 Å². The second-order valence-corrected chi connectivity index (χ2v) is 5.39. The fraction of sp³-hybridized carbons (Fsp3) is 0.235. The molecule has 3 aromatic rings. The summed E-state index contributed by atoms with van der Waals surface area (Å²) in [4.78, 5) is 16.6. The molecule has 0 aliphatic heterocycles. The standard InChI is InChI=1S/C17H18N4O3/c1-11(18-16(22)14-8-5-9-21(14)2)17-19-15(20-24-17)12-6-4-7-13(10-12)23-3/h4-11H,1-3H3,(H,18,22)/t11-/m0/s1. The molecule has 2 aromatic heterocycles. The molecule has 0 saturated heterocycles. The Hall–Kier alpha value is -3.09. The van der Waals surface area contributed by atoms with E-state index in [0.717, 1.165) is 5.56 Å². The van der Waals surface area contributed by atoms with Gasteiger partial charge in [-0.2, -0.15) is 4.98 Å². The van der Waals surface area contributed by atoms with E-state index in [1.807, 2.05) is 43.6 Å². The minimum atomic E-state index is -0.403. The van der Waals surface area contributed by atoms with E-state index in [2.05, 4.69) is 15.5 Å². The third-order valence-corrected chi connectivity index (χ3v) is 3.66. The SMILES string of the molecule is COc1cccc(-c2noc([C@H](C)NC(=O)c3cccn3C)n2)c1. The molecule has 0 bridgehead atoms. The lowest BCUT2D eigenvalue weighted by Crippen LogP contribution is -2.28. The summed E-state index contributed by atoms with van der Waals surface area (Å²) in [5.74, 6) is 1.30. The lowest BCUT2D eigenvalue weighted by molar-refractivity contribution is 0.0924. The van der Waals surface area contributed by atoms with Crippen LogP contribution in [-0.4, -0.2) is 27.7 Å². The fourth-order valence-electron chi connectivity index (χ4n) is 2.32. The molecule has 1 N–H and O–H groups in total. The first-order valence-electron chi connectivity index (χ1n) is 7.48. The molecular formula is C17H18N4O3. The highest BCUT2D eigenvalue weighted by Gasteiger charge is 2.19. The van der Waals surface area contributed by atoms with Gasteiger partial charge in [0, 0.05) is 18.8 Å². The molecule has 2 heterocycles. The van der Waals surface area contributed by atoms with Crippen LogP contribution >= 0.6 is 0 Å². The van der Waals surface area contributed by atoms with E-state index in [-0.39, 0.29) is 5.91 Å². The third-order valence-electron chi connectivity index (χ3n) is 3.66. The Morgan fingerprint density at radius 1 is 1.33 bits per heavy atom. The molecule has 1 atom stereocenters. The number of aryl methyl sites for hydroxylation is 1. The van der Waals surface area contributed by atoms with Gasteiger partial charge in [0.2, 0.25) is 11.7 Å². The summed E-state index contributed by atoms with van der Waals surface area (Å²) in [6.45, 7) is 1.80. The Morgan fingerprint density at radius 3 is 2.88 bits per heavy atom. The normalized spacial score (nSPS) is 12.0. The summed E-state index contributed by atoms with van der Waals surface area (Å²) < 4.78 is 12.2. The fourth-order valence-corrected chi connectivity index (χ4v) is 2.32. The van der Waals surface area contributed by atoms with E-state index in [0.29, 0.717) is 23.2 Å². The first-order chi connectivity index (χ1) is 11.6. The molecule has 124 valence electrons. The first kappa shape index (κ1) is 15.8. The smallest absolute Gasteiger partial charge is 0.268 e. The van der Waals surface area contributed by atoms with Gasteiger partial charge >= 0.3 is 0 Å². The molecule has 0 saturated carbocycles. The number of rotatable bonds is 5. The number of hydrogen-bond donors (Lipinski definition) is 1. The number of hydrogen-bond acceptors (Lipinski definition) is 5. The molecule has 1 aromatic carbocycles. The van der Waals surface area contributed by atoms with Crippen molar-refractivity contribution in [2.75, 3.05) is 7.11 Å². The molecule has 24 heavy (non-hydrogen) atoms. The van der Waals surface area contributed by atoms with E-state index in [9.17, 15) is 4.79 Å². The zero-order valence-electron chi connectivity index (χ0n) is 13.7. The number of nitrogens with one attached hydrogen (secondary N) is 1. The number of carbonyl (C=O) groups is 1. The van der Waals surface area contributed by atoms with Gasteiger partial charge in [-0.05, 0) is 31.2 Å². The highest BCUT2D eigenvalue weighted by Crippen LogP contribution is 2.22. The van der Waals surface area contributed by atoms with Crippen molar-refractivity contribution in [3.05, 3.63) is 54.2 Å². The monoisotopic (exact) mass is 326 g/mol. The van der Waals surface area contributed by atoms with Gasteiger partial charge in [0.15, 0.2) is 0 Å². The van der Waals surface area contributed by atoms with Gasteiger partial charge in [-0.3, -0.25) is 4.79 Å². The number of benzene rings is 1. The van der Waals surface area contributed by atoms with Crippen LogP contribution in [0.25, 0.3) is 11.4 Å². The number of aromatic nitrogens is 3. The molecule has 7 nitrogen and oxygen atoms in total. The molecule has 0 aliphatic rings. The van der Waals surface area contributed by atoms with Gasteiger partial charge in [-0.15, -0.1) is 0 Å². The first-order valence-corrected chi connectivity index (χ1v) is 7.48. The minimum absolute atomic E-state index is 0.198. The molecule has 0 fully saturated rings. The Balaban J connectivity index is 1.75. The molecule has 7 heteroatoms. The van der Waals surface area contributed by atoms with Crippen molar-refractivity contribution < 1.29 is 14.1 Å². The molecular weight excluding hydrogens is 308 g/mol. The van der Waals surface area contributed by atoms with Gasteiger partial charge in [0.25, 0.3) is 5.91 Å². The number of methoxy groups -OCH3 is 1. The molecule has 3 rings (SSSR count). The summed E-state index contributed by atoms with van der Waals surface area (Å²) in [6, 6.07) is 10.5. The Morgan fingerprint density at radius 2 is 2.17 bits per heavy atom. The van der Waals surface area contributed by atoms with Crippen LogP contribution in [0, 0.1) is 0 Å². The second-order valence-electron chi connectivity index (χ2n) is 5.39. The van der Waals surface area contributed by atoms with Crippen LogP contribution in [0.1, 0.15) is 29.3 Å². The second kappa shape index (κ2) is 6.57. The van der Waals surface area contributed by atoms with Gasteiger partial charge < -0.3 is 19.1 Å². The summed E-state index contributed by atoms with van der Waals surface area (Å²) in [6.07, 6.45) is 1.81. The summed E-state index contributed by atoms with van der Waals surface area (Å²) >= 11 is 0. The zero-order valence-corrected chi connectivity index (χ0v) is 13.7. The van der Waals surface area contributed by atoms with Gasteiger partial charge in [-0.1, -0.05) is 17.3 Å². The average Bonchev–Trinajstić information content (AvgIpc) is 3.24. The van der Waals surface area contributed by atoms with Crippen molar-refractivity contribution in [3.8, 4) is 17.1 Å². The summed E-state index contributed by atoms with van der Waals surface area (Å²) in [5.41, 5.74) is 1.35. The maximum Gasteiger partial charge on any atom is 0.268 e. The number of ether oxygens (including phenoxy) is 1. The number of amides is 1. The van der Waals surface area contributed by atoms with Crippen molar-refractivity contribution in [3.63, 3.8) is 0 Å². The van der Waals surface area contributed by atoms with Crippen molar-refractivity contribution >= 4 is 5.91 Å². The van der Waals surface area contributed by atoms with Crippen LogP contribution in [0.5, 0.6) is 5.75 Å². The maximum atomic E-state index is 12.2. The van der Waals surface area contributed by atoms with Crippen LogP contribution in [0.4, 0.5) is 0 Å². The minimum Gasteiger partial charge on any atom is -0.497 e. The molecule has 0 unspecified atom stereocenters. The van der Waals surface area contributed by atoms with Crippen molar-refractivity contribution in [1.29, 1.82) is 0 Å². The van der Waals surface area contributed by atoms with Crippen molar-refractivity contribution in [2.45, 2.75) is 13.0 Å². The maximum absolute atomic E-state index is 12.2. The van der Waals surface area contributed by atoms with E-state index in [1.54, 1.807) is 24.7 Å². The molecule has 1 amide bonds. The van der Waals surface area contributed by atoms with E-state index in [1.165, 1.54) is 0 Å². The van der Waals surface area contributed by atoms with Crippen LogP contribution in [0.3, 0.4) is 0 Å². The van der Waals surface area contributed by atoms with E-state index >= 15 is 0 Å². The van der Waals surface area contributed by atoms with Gasteiger partial charge in [-0.25, -0.2) is 0 Å². The zero-order chi connectivity index (χ0) is 17.1. The average molecular weight is 326 g/mol. The Bertz CT molecular complexity index is 853. The van der Waals surface area contributed by atoms with E-state index in [4.69, 9.17) is 9.26 Å². The third kappa shape index (κ3) is 3.15. The predicted octanol–water partition coefficient (Wildman–Crippen LogP) is 2.57. The highest BCUT2D eigenvalue weighted by atomic mass is 16.5. The van der Waals surface area contributed by atoms with Gasteiger partial charge in [0.1, 0.15) is 17.5 Å². The summed E-state index contributed by atoms with van der Waals surface area (Å²) in [7, 11) is 3.41. The van der Waals surface area contributed by atoms with Crippen LogP contribution < -0.4 is 10.1 Å². The summed E-state index contributed by atoms with van der Waals surface area (Å²) in [5, 5.41) is 6.82. The predicted molar refractivity (Wildman–Crippen MR) is 87.6 cm³/mol. The lowest BCUT2D eigenvalue weighted by Gasteiger charge is -2.10. The number of nitrogens with zero attached hydrogens (tertiary/aromatic N) is 3. The van der Waals surface area contributed by atoms with Crippen LogP contribution in [0.2, 0.25) is 0 Å².